The topological polar surface area (TPSA) is 0 Å². The smallest absolute Gasteiger partial charge is 0.0102 e. The number of unbranched alkanes of at least 4 members (excludes halogenated alkanes) is 5. The minimum atomic E-state index is 0.585. The van der Waals surface area contributed by atoms with Crippen molar-refractivity contribution in [1.29, 1.82) is 0 Å². The van der Waals surface area contributed by atoms with Crippen molar-refractivity contribution in [2.24, 2.45) is 0 Å². The summed E-state index contributed by atoms with van der Waals surface area (Å²) < 4.78 is 0. The molecule has 0 amide bonds. The Balaban J connectivity index is 1.63. The molecule has 0 aromatic heterocycles. The van der Waals surface area contributed by atoms with Gasteiger partial charge in [-0.1, -0.05) is 106 Å². The fraction of sp³-hybridized carbons (Fsp3) is 0.360. The summed E-state index contributed by atoms with van der Waals surface area (Å²) in [6, 6.07) is 22.6. The maximum atomic E-state index is 2.39. The third-order valence-corrected chi connectivity index (χ3v) is 5.79. The minimum Gasteiger partial charge on any atom is -0.0654 e. The minimum absolute atomic E-state index is 0.585. The van der Waals surface area contributed by atoms with Gasteiger partial charge in [0.15, 0.2) is 0 Å². The van der Waals surface area contributed by atoms with E-state index in [9.17, 15) is 0 Å². The lowest BCUT2D eigenvalue weighted by molar-refractivity contribution is 0.571. The van der Waals surface area contributed by atoms with Gasteiger partial charge in [-0.25, -0.2) is 0 Å². The number of fused-ring (bicyclic) bond motifs is 5. The van der Waals surface area contributed by atoms with E-state index in [2.05, 4.69) is 67.6 Å². The van der Waals surface area contributed by atoms with Crippen molar-refractivity contribution in [2.75, 3.05) is 0 Å². The van der Waals surface area contributed by atoms with Crippen LogP contribution < -0.4 is 0 Å². The van der Waals surface area contributed by atoms with Gasteiger partial charge in [-0.15, -0.1) is 0 Å². The highest BCUT2D eigenvalue weighted by Gasteiger charge is 2.29. The van der Waals surface area contributed by atoms with E-state index in [1.54, 1.807) is 11.1 Å². The monoisotopic (exact) mass is 328 g/mol. The molecular weight excluding hydrogens is 300 g/mol. The lowest BCUT2D eigenvalue weighted by Gasteiger charge is -2.14. The fourth-order valence-electron chi connectivity index (χ4n) is 4.52. The summed E-state index contributed by atoms with van der Waals surface area (Å²) >= 11 is 0. The molecule has 0 saturated carbocycles. The molecule has 0 heterocycles. The lowest BCUT2D eigenvalue weighted by Crippen LogP contribution is -1.97. The molecule has 0 radical (unpaired) electrons. The highest BCUT2D eigenvalue weighted by atomic mass is 14.3. The molecule has 1 atom stereocenters. The van der Waals surface area contributed by atoms with Crippen LogP contribution in [0.4, 0.5) is 0 Å². The summed E-state index contributed by atoms with van der Waals surface area (Å²) in [6.45, 7) is 2.29. The lowest BCUT2D eigenvalue weighted by atomic mass is 9.90. The summed E-state index contributed by atoms with van der Waals surface area (Å²) in [5.74, 6) is 0.585. The van der Waals surface area contributed by atoms with Gasteiger partial charge in [-0.2, -0.15) is 0 Å². The standard InChI is InChI=1S/C25H28/c1-2-3-4-5-6-7-14-22-21-15-10-11-16-23(21)25-20-13-9-8-12-19(20)17-18-24(22)25/h8-13,15-18,22H,2-7,14H2,1H3. The first-order valence-corrected chi connectivity index (χ1v) is 10.0. The van der Waals surface area contributed by atoms with E-state index in [1.165, 1.54) is 66.8 Å². The Kier molecular flexibility index (Phi) is 4.88. The van der Waals surface area contributed by atoms with Crippen molar-refractivity contribution in [3.05, 3.63) is 71.8 Å². The van der Waals surface area contributed by atoms with E-state index in [0.29, 0.717) is 5.92 Å². The molecule has 1 unspecified atom stereocenters. The quantitative estimate of drug-likeness (QED) is 0.390. The normalized spacial score (nSPS) is 15.3. The molecule has 0 fully saturated rings. The van der Waals surface area contributed by atoms with Crippen LogP contribution >= 0.6 is 0 Å². The molecule has 4 rings (SSSR count). The summed E-state index contributed by atoms with van der Waals surface area (Å²) in [5.41, 5.74) is 6.05. The van der Waals surface area contributed by atoms with Crippen molar-refractivity contribution in [3.63, 3.8) is 0 Å². The van der Waals surface area contributed by atoms with Crippen LogP contribution in [0, 0.1) is 0 Å². The first-order valence-electron chi connectivity index (χ1n) is 10.0. The zero-order valence-corrected chi connectivity index (χ0v) is 15.3. The first-order chi connectivity index (χ1) is 12.4. The molecule has 0 heteroatoms. The van der Waals surface area contributed by atoms with Crippen LogP contribution in [-0.4, -0.2) is 0 Å². The van der Waals surface area contributed by atoms with Crippen molar-refractivity contribution in [1.82, 2.24) is 0 Å². The molecule has 128 valence electrons. The molecule has 0 bridgehead atoms. The Morgan fingerprint density at radius 2 is 1.44 bits per heavy atom. The molecule has 3 aromatic rings. The molecule has 0 nitrogen and oxygen atoms in total. The van der Waals surface area contributed by atoms with Gasteiger partial charge < -0.3 is 0 Å². The number of hydrogen-bond donors (Lipinski definition) is 0. The van der Waals surface area contributed by atoms with E-state index in [1.807, 2.05) is 0 Å². The SMILES string of the molecule is CCCCCCCCC1c2ccccc2-c2c1ccc1ccccc21. The molecule has 1 aliphatic carbocycles. The van der Waals surface area contributed by atoms with E-state index >= 15 is 0 Å². The van der Waals surface area contributed by atoms with Crippen LogP contribution in [0.15, 0.2) is 60.7 Å². The molecule has 0 aliphatic heterocycles. The maximum Gasteiger partial charge on any atom is 0.0102 e. The molecule has 25 heavy (non-hydrogen) atoms. The van der Waals surface area contributed by atoms with Gasteiger partial charge in [0.1, 0.15) is 0 Å². The molecular formula is C25H28. The predicted octanol–water partition coefficient (Wildman–Crippen LogP) is 7.70. The second-order valence-electron chi connectivity index (χ2n) is 7.45. The van der Waals surface area contributed by atoms with Crippen molar-refractivity contribution < 1.29 is 0 Å². The molecule has 0 saturated heterocycles. The zero-order valence-electron chi connectivity index (χ0n) is 15.3. The van der Waals surface area contributed by atoms with Gasteiger partial charge in [0.05, 0.1) is 0 Å². The van der Waals surface area contributed by atoms with Crippen molar-refractivity contribution in [2.45, 2.75) is 57.8 Å². The Hall–Kier alpha value is -2.08. The van der Waals surface area contributed by atoms with E-state index in [4.69, 9.17) is 0 Å². The second kappa shape index (κ2) is 7.44. The number of benzene rings is 3. The average molecular weight is 328 g/mol. The maximum absolute atomic E-state index is 2.39. The molecule has 0 spiro atoms. The van der Waals surface area contributed by atoms with Gasteiger partial charge in [-0.05, 0) is 39.4 Å². The third kappa shape index (κ3) is 3.11. The van der Waals surface area contributed by atoms with Crippen LogP contribution in [-0.2, 0) is 0 Å². The van der Waals surface area contributed by atoms with Crippen molar-refractivity contribution in [3.8, 4) is 11.1 Å². The predicted molar refractivity (Wildman–Crippen MR) is 109 cm³/mol. The second-order valence-corrected chi connectivity index (χ2v) is 7.45. The summed E-state index contributed by atoms with van der Waals surface area (Å²) in [5, 5.41) is 2.77. The molecule has 0 N–H and O–H groups in total. The van der Waals surface area contributed by atoms with Gasteiger partial charge in [-0.3, -0.25) is 0 Å². The summed E-state index contributed by atoms with van der Waals surface area (Å²) in [6.07, 6.45) is 9.52. The largest absolute Gasteiger partial charge is 0.0654 e. The highest BCUT2D eigenvalue weighted by Crippen LogP contribution is 2.49. The highest BCUT2D eigenvalue weighted by molar-refractivity contribution is 6.01. The Labute approximate surface area is 151 Å². The van der Waals surface area contributed by atoms with Crippen molar-refractivity contribution >= 4 is 10.8 Å². The van der Waals surface area contributed by atoms with Crippen LogP contribution in [0.1, 0.15) is 68.9 Å². The molecule has 1 aliphatic rings. The van der Waals surface area contributed by atoms with E-state index in [0.717, 1.165) is 0 Å². The third-order valence-electron chi connectivity index (χ3n) is 5.79. The van der Waals surface area contributed by atoms with E-state index < -0.39 is 0 Å². The molecule has 3 aromatic carbocycles. The first kappa shape index (κ1) is 16.4. The van der Waals surface area contributed by atoms with Crippen LogP contribution in [0.25, 0.3) is 21.9 Å². The van der Waals surface area contributed by atoms with Crippen LogP contribution in [0.2, 0.25) is 0 Å². The van der Waals surface area contributed by atoms with Gasteiger partial charge in [0.25, 0.3) is 0 Å². The number of hydrogen-bond acceptors (Lipinski definition) is 0. The number of rotatable bonds is 7. The Morgan fingerprint density at radius 3 is 2.36 bits per heavy atom. The fourth-order valence-corrected chi connectivity index (χ4v) is 4.52. The summed E-state index contributed by atoms with van der Waals surface area (Å²) in [7, 11) is 0. The zero-order chi connectivity index (χ0) is 17.1. The average Bonchev–Trinajstić information content (AvgIpc) is 2.99. The van der Waals surface area contributed by atoms with Gasteiger partial charge in [0, 0.05) is 5.92 Å². The van der Waals surface area contributed by atoms with Crippen LogP contribution in [0.3, 0.4) is 0 Å². The van der Waals surface area contributed by atoms with E-state index in [-0.39, 0.29) is 0 Å². The van der Waals surface area contributed by atoms with Gasteiger partial charge >= 0.3 is 0 Å². The Bertz CT molecular complexity index is 859. The summed E-state index contributed by atoms with van der Waals surface area (Å²) in [4.78, 5) is 0. The Morgan fingerprint density at radius 1 is 0.680 bits per heavy atom. The van der Waals surface area contributed by atoms with Crippen LogP contribution in [0.5, 0.6) is 0 Å². The van der Waals surface area contributed by atoms with Gasteiger partial charge in [0.2, 0.25) is 0 Å².